The number of phenolic OH excluding ortho intramolecular Hbond substituents is 2. The molecule has 0 unspecified atom stereocenters. The zero-order valence-electron chi connectivity index (χ0n) is 16.0. The molecular weight excluding hydrogens is 384 g/mol. The summed E-state index contributed by atoms with van der Waals surface area (Å²) in [6, 6.07) is 12.6. The van der Waals surface area contributed by atoms with Crippen molar-refractivity contribution < 1.29 is 10.2 Å². The predicted molar refractivity (Wildman–Crippen MR) is 114 cm³/mol. The van der Waals surface area contributed by atoms with Gasteiger partial charge >= 0.3 is 0 Å². The van der Waals surface area contributed by atoms with Crippen molar-refractivity contribution in [1.29, 1.82) is 0 Å². The van der Waals surface area contributed by atoms with Crippen LogP contribution in [0.25, 0.3) is 11.4 Å². The number of benzene rings is 2. The second-order valence-corrected chi connectivity index (χ2v) is 6.80. The normalized spacial score (nSPS) is 11.9. The fraction of sp³-hybridized carbons (Fsp3) is 0.0909. The van der Waals surface area contributed by atoms with Crippen molar-refractivity contribution in [2.75, 3.05) is 10.6 Å². The minimum absolute atomic E-state index is 0.00685. The van der Waals surface area contributed by atoms with E-state index in [1.807, 2.05) is 13.0 Å². The van der Waals surface area contributed by atoms with Gasteiger partial charge in [-0.05, 0) is 48.9 Å². The molecule has 0 fully saturated rings. The molecule has 0 bridgehead atoms. The topological polar surface area (TPSA) is 124 Å². The number of anilines is 3. The maximum atomic E-state index is 12.1. The SMILES string of the molecule is C[C@H](Nc1c(Nc2ccc(O)c(-c3ncccn3)c2)c(=O)c1=O)c1cccc(O)c1. The molecule has 0 aliphatic carbocycles. The maximum absolute atomic E-state index is 12.1. The van der Waals surface area contributed by atoms with Crippen LogP contribution in [0, 0.1) is 0 Å². The fourth-order valence-electron chi connectivity index (χ4n) is 3.12. The quantitative estimate of drug-likeness (QED) is 0.286. The number of aromatic hydroxyl groups is 2. The van der Waals surface area contributed by atoms with Crippen molar-refractivity contribution in [1.82, 2.24) is 9.97 Å². The van der Waals surface area contributed by atoms with Crippen molar-refractivity contribution in [3.8, 4) is 22.9 Å². The third-order valence-corrected chi connectivity index (χ3v) is 4.71. The summed E-state index contributed by atoms with van der Waals surface area (Å²) < 4.78 is 0. The van der Waals surface area contributed by atoms with Crippen LogP contribution in [0.15, 0.2) is 70.5 Å². The Morgan fingerprint density at radius 1 is 0.900 bits per heavy atom. The molecule has 0 aliphatic heterocycles. The average Bonchev–Trinajstić information content (AvgIpc) is 2.77. The van der Waals surface area contributed by atoms with E-state index in [2.05, 4.69) is 20.6 Å². The molecule has 1 atom stereocenters. The van der Waals surface area contributed by atoms with E-state index in [-0.39, 0.29) is 28.9 Å². The van der Waals surface area contributed by atoms with Gasteiger partial charge in [-0.1, -0.05) is 12.1 Å². The van der Waals surface area contributed by atoms with Gasteiger partial charge in [0.1, 0.15) is 22.9 Å². The van der Waals surface area contributed by atoms with Gasteiger partial charge in [0.25, 0.3) is 10.9 Å². The Balaban J connectivity index is 1.60. The zero-order chi connectivity index (χ0) is 21.3. The number of hydrogen-bond acceptors (Lipinski definition) is 8. The Morgan fingerprint density at radius 3 is 2.37 bits per heavy atom. The van der Waals surface area contributed by atoms with Crippen LogP contribution in [0.3, 0.4) is 0 Å². The number of phenols is 2. The summed E-state index contributed by atoms with van der Waals surface area (Å²) in [5, 5.41) is 25.8. The third-order valence-electron chi connectivity index (χ3n) is 4.71. The minimum Gasteiger partial charge on any atom is -0.508 e. The summed E-state index contributed by atoms with van der Waals surface area (Å²) in [6.45, 7) is 1.82. The van der Waals surface area contributed by atoms with E-state index in [9.17, 15) is 19.8 Å². The number of nitrogens with one attached hydrogen (secondary N) is 2. The van der Waals surface area contributed by atoms with Gasteiger partial charge in [0, 0.05) is 24.1 Å². The second kappa shape index (κ2) is 7.67. The summed E-state index contributed by atoms with van der Waals surface area (Å²) in [5.41, 5.74) is 0.708. The molecule has 4 N–H and O–H groups in total. The molecule has 0 radical (unpaired) electrons. The summed E-state index contributed by atoms with van der Waals surface area (Å²) in [7, 11) is 0. The minimum atomic E-state index is -0.633. The largest absolute Gasteiger partial charge is 0.508 e. The Kier molecular flexibility index (Phi) is 4.89. The molecule has 0 amide bonds. The Labute approximate surface area is 171 Å². The van der Waals surface area contributed by atoms with Crippen molar-refractivity contribution in [2.45, 2.75) is 13.0 Å². The lowest BCUT2D eigenvalue weighted by Gasteiger charge is -2.20. The Bertz CT molecular complexity index is 1280. The molecule has 8 nitrogen and oxygen atoms in total. The van der Waals surface area contributed by atoms with Crippen LogP contribution in [0.4, 0.5) is 17.1 Å². The molecule has 0 saturated heterocycles. The van der Waals surface area contributed by atoms with E-state index in [1.54, 1.807) is 48.8 Å². The Morgan fingerprint density at radius 2 is 1.63 bits per heavy atom. The lowest BCUT2D eigenvalue weighted by atomic mass is 10.1. The van der Waals surface area contributed by atoms with E-state index >= 15 is 0 Å². The second-order valence-electron chi connectivity index (χ2n) is 6.80. The molecule has 8 heteroatoms. The molecule has 4 aromatic rings. The van der Waals surface area contributed by atoms with Crippen molar-refractivity contribution >= 4 is 17.1 Å². The predicted octanol–water partition coefficient (Wildman–Crippen LogP) is 3.07. The van der Waals surface area contributed by atoms with Crippen LogP contribution in [0.5, 0.6) is 11.5 Å². The first-order valence-electron chi connectivity index (χ1n) is 9.20. The highest BCUT2D eigenvalue weighted by Gasteiger charge is 2.23. The average molecular weight is 402 g/mol. The van der Waals surface area contributed by atoms with Crippen molar-refractivity contribution in [2.24, 2.45) is 0 Å². The van der Waals surface area contributed by atoms with Crippen LogP contribution in [-0.2, 0) is 0 Å². The Hall–Kier alpha value is -4.20. The number of nitrogens with zero attached hydrogens (tertiary/aromatic N) is 2. The van der Waals surface area contributed by atoms with Crippen LogP contribution >= 0.6 is 0 Å². The van der Waals surface area contributed by atoms with E-state index in [0.717, 1.165) is 5.56 Å². The molecule has 0 aliphatic rings. The van der Waals surface area contributed by atoms with Crippen molar-refractivity contribution in [3.05, 3.63) is 86.9 Å². The van der Waals surface area contributed by atoms with E-state index in [4.69, 9.17) is 0 Å². The van der Waals surface area contributed by atoms with Gasteiger partial charge in [0.2, 0.25) is 0 Å². The monoisotopic (exact) mass is 402 g/mol. The van der Waals surface area contributed by atoms with Crippen molar-refractivity contribution in [3.63, 3.8) is 0 Å². The molecule has 0 spiro atoms. The first-order chi connectivity index (χ1) is 14.4. The summed E-state index contributed by atoms with van der Waals surface area (Å²) >= 11 is 0. The van der Waals surface area contributed by atoms with E-state index in [0.29, 0.717) is 17.1 Å². The molecule has 4 rings (SSSR count). The zero-order valence-corrected chi connectivity index (χ0v) is 16.0. The van der Waals surface area contributed by atoms with E-state index < -0.39 is 10.9 Å². The van der Waals surface area contributed by atoms with Crippen LogP contribution in [0.2, 0.25) is 0 Å². The molecule has 1 heterocycles. The molecule has 1 aromatic heterocycles. The van der Waals surface area contributed by atoms with E-state index in [1.165, 1.54) is 6.07 Å². The van der Waals surface area contributed by atoms with Crippen LogP contribution in [-0.4, -0.2) is 20.2 Å². The highest BCUT2D eigenvalue weighted by atomic mass is 16.3. The first-order valence-corrected chi connectivity index (χ1v) is 9.20. The molecule has 30 heavy (non-hydrogen) atoms. The van der Waals surface area contributed by atoms with Crippen LogP contribution in [0.1, 0.15) is 18.5 Å². The highest BCUT2D eigenvalue weighted by molar-refractivity contribution is 5.81. The first kappa shape index (κ1) is 19.1. The summed E-state index contributed by atoms with van der Waals surface area (Å²) in [5.74, 6) is 0.441. The van der Waals surface area contributed by atoms with Gasteiger partial charge in [0.15, 0.2) is 5.82 Å². The summed E-state index contributed by atoms with van der Waals surface area (Å²) in [6.07, 6.45) is 3.12. The van der Waals surface area contributed by atoms with Gasteiger partial charge < -0.3 is 20.8 Å². The molecule has 150 valence electrons. The lowest BCUT2D eigenvalue weighted by molar-refractivity contribution is 0.474. The molecule has 0 saturated carbocycles. The fourth-order valence-corrected chi connectivity index (χ4v) is 3.12. The van der Waals surface area contributed by atoms with Crippen LogP contribution < -0.4 is 21.5 Å². The standard InChI is InChI=1S/C22H18N4O4/c1-12(13-4-2-5-15(27)10-13)25-18-19(21(30)20(18)29)26-14-6-7-17(28)16(11-14)22-23-8-3-9-24-22/h2-12,25-28H,1H3/t12-/m0/s1. The number of aromatic nitrogens is 2. The lowest BCUT2D eigenvalue weighted by Crippen LogP contribution is -2.37. The highest BCUT2D eigenvalue weighted by Crippen LogP contribution is 2.32. The third kappa shape index (κ3) is 3.58. The maximum Gasteiger partial charge on any atom is 0.253 e. The van der Waals surface area contributed by atoms with Gasteiger partial charge in [-0.2, -0.15) is 0 Å². The summed E-state index contributed by atoms with van der Waals surface area (Å²) in [4.78, 5) is 32.5. The molecular formula is C22H18N4O4. The van der Waals surface area contributed by atoms with Gasteiger partial charge in [-0.25, -0.2) is 9.97 Å². The molecule has 3 aromatic carbocycles. The number of rotatable bonds is 6. The number of hydrogen-bond donors (Lipinski definition) is 4. The smallest absolute Gasteiger partial charge is 0.253 e. The van der Waals surface area contributed by atoms with Gasteiger partial charge in [-0.3, -0.25) is 9.59 Å². The van der Waals surface area contributed by atoms with Gasteiger partial charge in [-0.15, -0.1) is 0 Å². The van der Waals surface area contributed by atoms with Gasteiger partial charge in [0.05, 0.1) is 5.56 Å².